The molecule has 0 bridgehead atoms. The molecule has 1 saturated heterocycles. The summed E-state index contributed by atoms with van der Waals surface area (Å²) in [4.78, 5) is 14.8. The Hall–Kier alpha value is -2.02. The molecule has 0 saturated carbocycles. The van der Waals surface area contributed by atoms with E-state index in [1.807, 2.05) is 30.3 Å². The average molecular weight is 392 g/mol. The van der Waals surface area contributed by atoms with Crippen LogP contribution in [-0.2, 0) is 4.79 Å². The van der Waals surface area contributed by atoms with Crippen LogP contribution in [0.4, 0.5) is 5.69 Å². The third-order valence-corrected chi connectivity index (χ3v) is 5.14. The van der Waals surface area contributed by atoms with Crippen LogP contribution in [0.1, 0.15) is 5.56 Å². The first-order valence-electron chi connectivity index (χ1n) is 7.29. The molecule has 1 aliphatic rings. The minimum absolute atomic E-state index is 0.160. The highest BCUT2D eigenvalue weighted by atomic mass is 35.5. The number of thioether (sulfide) groups is 1. The third-order valence-electron chi connectivity index (χ3n) is 3.56. The maximum absolute atomic E-state index is 12.7. The van der Waals surface area contributed by atoms with Gasteiger partial charge in [-0.15, -0.1) is 0 Å². The molecule has 0 atom stereocenters. The molecule has 0 aromatic heterocycles. The minimum atomic E-state index is -0.160. The van der Waals surface area contributed by atoms with E-state index in [9.17, 15) is 4.79 Å². The van der Waals surface area contributed by atoms with Gasteiger partial charge in [0, 0.05) is 0 Å². The highest BCUT2D eigenvalue weighted by Gasteiger charge is 2.33. The predicted molar refractivity (Wildman–Crippen MR) is 107 cm³/mol. The van der Waals surface area contributed by atoms with E-state index in [4.69, 9.17) is 33.3 Å². The van der Waals surface area contributed by atoms with Crippen molar-refractivity contribution in [3.8, 4) is 11.5 Å². The molecule has 0 unspecified atom stereocenters. The van der Waals surface area contributed by atoms with Gasteiger partial charge in [0.15, 0.2) is 15.8 Å². The lowest BCUT2D eigenvalue weighted by molar-refractivity contribution is -0.113. The van der Waals surface area contributed by atoms with Gasteiger partial charge in [-0.25, -0.2) is 0 Å². The summed E-state index contributed by atoms with van der Waals surface area (Å²) in [5, 5.41) is 0.409. The number of methoxy groups -OCH3 is 2. The summed E-state index contributed by atoms with van der Waals surface area (Å²) >= 11 is 12.8. The normalized spacial score (nSPS) is 15.8. The van der Waals surface area contributed by atoms with Gasteiger partial charge in [0.05, 0.1) is 29.8 Å². The van der Waals surface area contributed by atoms with Gasteiger partial charge in [-0.1, -0.05) is 53.8 Å². The Morgan fingerprint density at radius 1 is 1.16 bits per heavy atom. The number of hydrogen-bond donors (Lipinski definition) is 0. The van der Waals surface area contributed by atoms with Crippen LogP contribution < -0.4 is 14.4 Å². The number of amides is 1. The van der Waals surface area contributed by atoms with Crippen LogP contribution in [0.2, 0.25) is 5.02 Å². The van der Waals surface area contributed by atoms with E-state index in [1.54, 1.807) is 18.2 Å². The average Bonchev–Trinajstić information content (AvgIpc) is 2.88. The van der Waals surface area contributed by atoms with Gasteiger partial charge in [0.25, 0.3) is 5.91 Å². The summed E-state index contributed by atoms with van der Waals surface area (Å²) < 4.78 is 11.0. The number of halogens is 1. The van der Waals surface area contributed by atoms with Crippen LogP contribution in [0, 0.1) is 0 Å². The van der Waals surface area contributed by atoms with Crippen molar-refractivity contribution in [2.24, 2.45) is 0 Å². The summed E-state index contributed by atoms with van der Waals surface area (Å²) in [6.45, 7) is 0. The largest absolute Gasteiger partial charge is 0.493 e. The fraction of sp³-hybridized carbons (Fsp3) is 0.111. The van der Waals surface area contributed by atoms with Crippen LogP contribution in [0.3, 0.4) is 0 Å². The van der Waals surface area contributed by atoms with Gasteiger partial charge in [-0.3, -0.25) is 9.69 Å². The van der Waals surface area contributed by atoms with Crippen LogP contribution in [-0.4, -0.2) is 24.4 Å². The first-order valence-corrected chi connectivity index (χ1v) is 8.90. The third kappa shape index (κ3) is 3.51. The number of anilines is 1. The van der Waals surface area contributed by atoms with Crippen LogP contribution >= 0.6 is 35.6 Å². The second-order valence-corrected chi connectivity index (χ2v) is 7.17. The van der Waals surface area contributed by atoms with E-state index >= 15 is 0 Å². The highest BCUT2D eigenvalue weighted by Crippen LogP contribution is 2.39. The van der Waals surface area contributed by atoms with Crippen molar-refractivity contribution in [1.82, 2.24) is 0 Å². The molecule has 1 heterocycles. The molecule has 128 valence electrons. The fourth-order valence-corrected chi connectivity index (χ4v) is 4.04. The second kappa shape index (κ2) is 7.47. The molecule has 7 heteroatoms. The zero-order valence-electron chi connectivity index (χ0n) is 13.5. The molecular formula is C18H14ClNO3S2. The Bertz CT molecular complexity index is 868. The summed E-state index contributed by atoms with van der Waals surface area (Å²) in [5.74, 6) is 0.796. The monoisotopic (exact) mass is 391 g/mol. The second-order valence-electron chi connectivity index (χ2n) is 5.09. The maximum atomic E-state index is 12.7. The van der Waals surface area contributed by atoms with Gasteiger partial charge in [0.2, 0.25) is 0 Å². The smallest absolute Gasteiger partial charge is 0.270 e. The number of para-hydroxylation sites is 1. The maximum Gasteiger partial charge on any atom is 0.270 e. The Balaban J connectivity index is 1.96. The quantitative estimate of drug-likeness (QED) is 0.554. The number of ether oxygens (including phenoxy) is 2. The Morgan fingerprint density at radius 2 is 1.88 bits per heavy atom. The summed E-state index contributed by atoms with van der Waals surface area (Å²) in [6.07, 6.45) is 1.75. The van der Waals surface area contributed by atoms with Crippen LogP contribution in [0.25, 0.3) is 6.08 Å². The van der Waals surface area contributed by atoms with Gasteiger partial charge in [-0.05, 0) is 35.9 Å². The molecule has 1 aliphatic heterocycles. The summed E-state index contributed by atoms with van der Waals surface area (Å²) in [7, 11) is 3.06. The Labute approximate surface area is 160 Å². The fourth-order valence-electron chi connectivity index (χ4n) is 2.44. The number of nitrogens with zero attached hydrogens (tertiary/aromatic N) is 1. The molecule has 3 rings (SSSR count). The van der Waals surface area contributed by atoms with E-state index in [1.165, 1.54) is 30.9 Å². The van der Waals surface area contributed by atoms with E-state index in [2.05, 4.69) is 0 Å². The van der Waals surface area contributed by atoms with E-state index in [0.717, 1.165) is 11.3 Å². The number of carbonyl (C=O) groups is 1. The van der Waals surface area contributed by atoms with Gasteiger partial charge in [-0.2, -0.15) is 0 Å². The van der Waals surface area contributed by atoms with Gasteiger partial charge >= 0.3 is 0 Å². The summed E-state index contributed by atoms with van der Waals surface area (Å²) in [6, 6.07) is 12.8. The molecule has 1 amide bonds. The highest BCUT2D eigenvalue weighted by molar-refractivity contribution is 8.27. The lowest BCUT2D eigenvalue weighted by Gasteiger charge is -2.13. The minimum Gasteiger partial charge on any atom is -0.493 e. The topological polar surface area (TPSA) is 38.8 Å². The van der Waals surface area contributed by atoms with Crippen LogP contribution in [0.15, 0.2) is 47.4 Å². The summed E-state index contributed by atoms with van der Waals surface area (Å²) in [5.41, 5.74) is 1.48. The molecule has 0 N–H and O–H groups in total. The number of hydrogen-bond acceptors (Lipinski definition) is 5. The first kappa shape index (κ1) is 17.8. The Morgan fingerprint density at radius 3 is 2.52 bits per heavy atom. The van der Waals surface area contributed by atoms with Crippen molar-refractivity contribution in [3.05, 3.63) is 58.0 Å². The lowest BCUT2D eigenvalue weighted by Crippen LogP contribution is -2.27. The number of benzene rings is 2. The lowest BCUT2D eigenvalue weighted by atomic mass is 10.1. The molecule has 2 aromatic carbocycles. The van der Waals surface area contributed by atoms with Crippen molar-refractivity contribution in [1.29, 1.82) is 0 Å². The van der Waals surface area contributed by atoms with Crippen molar-refractivity contribution in [3.63, 3.8) is 0 Å². The molecule has 0 radical (unpaired) electrons. The number of rotatable bonds is 4. The molecule has 4 nitrogen and oxygen atoms in total. The molecule has 1 fully saturated rings. The van der Waals surface area contributed by atoms with Crippen molar-refractivity contribution < 1.29 is 14.3 Å². The predicted octanol–water partition coefficient (Wildman–Crippen LogP) is 4.76. The molecule has 25 heavy (non-hydrogen) atoms. The van der Waals surface area contributed by atoms with Crippen molar-refractivity contribution in [2.75, 3.05) is 19.1 Å². The zero-order valence-corrected chi connectivity index (χ0v) is 15.9. The Kier molecular flexibility index (Phi) is 5.32. The molecule has 0 aliphatic carbocycles. The number of thiocarbonyl (C=S) groups is 1. The van der Waals surface area contributed by atoms with Crippen LogP contribution in [0.5, 0.6) is 11.5 Å². The number of carbonyl (C=O) groups excluding carboxylic acids is 1. The molecular weight excluding hydrogens is 378 g/mol. The van der Waals surface area contributed by atoms with E-state index in [0.29, 0.717) is 25.7 Å². The standard InChI is InChI=1S/C18H14ClNO3S2/c1-22-14-9-11(8-13(19)16(14)23-2)10-15-17(21)20(18(24)25-15)12-6-4-3-5-7-12/h3-10H,1-2H3/b15-10-. The van der Waals surface area contributed by atoms with Crippen molar-refractivity contribution in [2.45, 2.75) is 0 Å². The first-order chi connectivity index (χ1) is 12.0. The molecule has 0 spiro atoms. The molecule has 2 aromatic rings. The van der Waals surface area contributed by atoms with Crippen molar-refractivity contribution >= 4 is 57.6 Å². The van der Waals surface area contributed by atoms with E-state index < -0.39 is 0 Å². The SMILES string of the molecule is COc1cc(/C=C2\SC(=S)N(c3ccccc3)C2=O)cc(Cl)c1OC. The zero-order chi connectivity index (χ0) is 18.0. The van der Waals surface area contributed by atoms with E-state index in [-0.39, 0.29) is 5.91 Å². The van der Waals surface area contributed by atoms with Gasteiger partial charge in [0.1, 0.15) is 0 Å². The van der Waals surface area contributed by atoms with Gasteiger partial charge < -0.3 is 9.47 Å².